The largest absolute Gasteiger partial charge is 0.469 e. The number of halogens is 2. The summed E-state index contributed by atoms with van der Waals surface area (Å²) in [6, 6.07) is 6.08. The number of rotatable bonds is 3. The van der Waals surface area contributed by atoms with Crippen molar-refractivity contribution in [1.82, 2.24) is 0 Å². The fourth-order valence-corrected chi connectivity index (χ4v) is 3.43. The number of ether oxygens (including phenoxy) is 1. The average Bonchev–Trinajstić information content (AvgIpc) is 3.05. The predicted molar refractivity (Wildman–Crippen MR) is 74.3 cm³/mol. The highest BCUT2D eigenvalue weighted by Crippen LogP contribution is 2.45. The molecule has 1 atom stereocenters. The van der Waals surface area contributed by atoms with Crippen LogP contribution in [0.1, 0.15) is 24.3 Å². The number of esters is 1. The number of carbonyl (C=O) groups is 1. The lowest BCUT2D eigenvalue weighted by atomic mass is 9.94. The molecular weight excluding hydrogens is 383 g/mol. The maximum Gasteiger partial charge on any atom is 0.313 e. The quantitative estimate of drug-likeness (QED) is 0.576. The van der Waals surface area contributed by atoms with E-state index >= 15 is 0 Å². The third kappa shape index (κ3) is 2.59. The summed E-state index contributed by atoms with van der Waals surface area (Å²) in [5, 5.41) is 0. The van der Waals surface area contributed by atoms with E-state index in [1.165, 1.54) is 7.11 Å². The van der Waals surface area contributed by atoms with Gasteiger partial charge in [-0.2, -0.15) is 0 Å². The standard InChI is InChI=1S/C12H12BrIO2/c1-16-12(15)11(7-2-3-7)9-5-4-8(14)6-10(9)13/h4-7,11H,2-3H2,1H3. The number of hydrogen-bond acceptors (Lipinski definition) is 2. The minimum absolute atomic E-state index is 0.101. The Bertz CT molecular complexity index is 415. The van der Waals surface area contributed by atoms with E-state index in [-0.39, 0.29) is 11.9 Å². The van der Waals surface area contributed by atoms with Gasteiger partial charge >= 0.3 is 5.97 Å². The highest BCUT2D eigenvalue weighted by Gasteiger charge is 2.38. The topological polar surface area (TPSA) is 26.3 Å². The van der Waals surface area contributed by atoms with Crippen LogP contribution in [0.4, 0.5) is 0 Å². The monoisotopic (exact) mass is 394 g/mol. The van der Waals surface area contributed by atoms with Crippen LogP contribution in [0.2, 0.25) is 0 Å². The van der Waals surface area contributed by atoms with Crippen LogP contribution in [0.15, 0.2) is 22.7 Å². The Morgan fingerprint density at radius 2 is 2.25 bits per heavy atom. The van der Waals surface area contributed by atoms with E-state index in [2.05, 4.69) is 38.5 Å². The van der Waals surface area contributed by atoms with E-state index < -0.39 is 0 Å². The van der Waals surface area contributed by atoms with Crippen LogP contribution in [-0.4, -0.2) is 13.1 Å². The van der Waals surface area contributed by atoms with Crippen LogP contribution in [0.25, 0.3) is 0 Å². The maximum atomic E-state index is 11.8. The first-order valence-corrected chi connectivity index (χ1v) is 7.03. The fraction of sp³-hybridized carbons (Fsp3) is 0.417. The second-order valence-electron chi connectivity index (χ2n) is 4.00. The Kier molecular flexibility index (Phi) is 3.89. The Morgan fingerprint density at radius 1 is 1.56 bits per heavy atom. The van der Waals surface area contributed by atoms with Crippen molar-refractivity contribution >= 4 is 44.5 Å². The van der Waals surface area contributed by atoms with Gasteiger partial charge in [0.2, 0.25) is 0 Å². The second-order valence-corrected chi connectivity index (χ2v) is 6.10. The Balaban J connectivity index is 2.34. The van der Waals surface area contributed by atoms with Crippen molar-refractivity contribution in [3.05, 3.63) is 31.8 Å². The SMILES string of the molecule is COC(=O)C(c1ccc(I)cc1Br)C1CC1. The molecule has 1 aromatic carbocycles. The van der Waals surface area contributed by atoms with E-state index in [9.17, 15) is 4.79 Å². The van der Waals surface area contributed by atoms with Crippen LogP contribution in [0.5, 0.6) is 0 Å². The van der Waals surface area contributed by atoms with Gasteiger partial charge in [-0.15, -0.1) is 0 Å². The first kappa shape index (κ1) is 12.4. The zero-order valence-electron chi connectivity index (χ0n) is 8.87. The van der Waals surface area contributed by atoms with Crippen LogP contribution < -0.4 is 0 Å². The van der Waals surface area contributed by atoms with E-state index in [4.69, 9.17) is 4.74 Å². The molecule has 0 heterocycles. The molecule has 4 heteroatoms. The lowest BCUT2D eigenvalue weighted by Crippen LogP contribution is -2.16. The molecular formula is C12H12BrIO2. The molecule has 86 valence electrons. The van der Waals surface area contributed by atoms with E-state index in [1.54, 1.807) is 0 Å². The molecule has 1 fully saturated rings. The summed E-state index contributed by atoms with van der Waals surface area (Å²) in [5.74, 6) is 0.240. The van der Waals surface area contributed by atoms with Crippen molar-refractivity contribution in [2.45, 2.75) is 18.8 Å². The van der Waals surface area contributed by atoms with Crippen LogP contribution >= 0.6 is 38.5 Å². The molecule has 0 saturated heterocycles. The lowest BCUT2D eigenvalue weighted by Gasteiger charge is -2.15. The third-order valence-electron chi connectivity index (χ3n) is 2.85. The van der Waals surface area contributed by atoms with Crippen molar-refractivity contribution in [3.8, 4) is 0 Å². The van der Waals surface area contributed by atoms with Gasteiger partial charge in [0.25, 0.3) is 0 Å². The maximum absolute atomic E-state index is 11.8. The van der Waals surface area contributed by atoms with E-state index in [1.807, 2.05) is 18.2 Å². The van der Waals surface area contributed by atoms with Gasteiger partial charge in [0.1, 0.15) is 0 Å². The van der Waals surface area contributed by atoms with Gasteiger partial charge in [-0.25, -0.2) is 0 Å². The van der Waals surface area contributed by atoms with Gasteiger partial charge in [0.05, 0.1) is 13.0 Å². The lowest BCUT2D eigenvalue weighted by molar-refractivity contribution is -0.143. The molecule has 0 amide bonds. The normalized spacial score (nSPS) is 16.9. The first-order valence-electron chi connectivity index (χ1n) is 5.16. The van der Waals surface area contributed by atoms with E-state index in [0.29, 0.717) is 5.92 Å². The molecule has 1 aliphatic carbocycles. The van der Waals surface area contributed by atoms with Crippen molar-refractivity contribution in [2.24, 2.45) is 5.92 Å². The Morgan fingerprint density at radius 3 is 2.75 bits per heavy atom. The number of methoxy groups -OCH3 is 1. The van der Waals surface area contributed by atoms with Crippen molar-refractivity contribution in [3.63, 3.8) is 0 Å². The summed E-state index contributed by atoms with van der Waals surface area (Å²) >= 11 is 5.79. The summed E-state index contributed by atoms with van der Waals surface area (Å²) < 4.78 is 7.05. The van der Waals surface area contributed by atoms with Crippen molar-refractivity contribution < 1.29 is 9.53 Å². The van der Waals surface area contributed by atoms with Gasteiger partial charge < -0.3 is 4.74 Å². The summed E-state index contributed by atoms with van der Waals surface area (Å²) in [6.07, 6.45) is 2.25. The van der Waals surface area contributed by atoms with Crippen molar-refractivity contribution in [1.29, 1.82) is 0 Å². The van der Waals surface area contributed by atoms with Gasteiger partial charge in [0, 0.05) is 8.04 Å². The Hall–Kier alpha value is -0.100. The summed E-state index contributed by atoms with van der Waals surface area (Å²) in [6.45, 7) is 0. The van der Waals surface area contributed by atoms with Crippen molar-refractivity contribution in [2.75, 3.05) is 7.11 Å². The van der Waals surface area contributed by atoms with Crippen LogP contribution in [0, 0.1) is 9.49 Å². The van der Waals surface area contributed by atoms with Gasteiger partial charge in [-0.1, -0.05) is 22.0 Å². The minimum Gasteiger partial charge on any atom is -0.469 e. The second kappa shape index (κ2) is 5.04. The number of benzene rings is 1. The van der Waals surface area contributed by atoms with Crippen LogP contribution in [-0.2, 0) is 9.53 Å². The summed E-state index contributed by atoms with van der Waals surface area (Å²) in [4.78, 5) is 11.8. The minimum atomic E-state index is -0.121. The highest BCUT2D eigenvalue weighted by atomic mass is 127. The molecule has 1 aliphatic rings. The molecule has 1 unspecified atom stereocenters. The number of hydrogen-bond donors (Lipinski definition) is 0. The molecule has 0 bridgehead atoms. The molecule has 0 N–H and O–H groups in total. The molecule has 0 spiro atoms. The van der Waals surface area contributed by atoms with E-state index in [0.717, 1.165) is 26.4 Å². The Labute approximate surface area is 117 Å². The average molecular weight is 395 g/mol. The highest BCUT2D eigenvalue weighted by molar-refractivity contribution is 14.1. The van der Waals surface area contributed by atoms with Gasteiger partial charge in [-0.05, 0) is 59.0 Å². The molecule has 1 saturated carbocycles. The molecule has 1 aromatic rings. The van der Waals surface area contributed by atoms with Crippen LogP contribution in [0.3, 0.4) is 0 Å². The summed E-state index contributed by atoms with van der Waals surface area (Å²) in [7, 11) is 1.46. The zero-order chi connectivity index (χ0) is 11.7. The first-order chi connectivity index (χ1) is 7.63. The molecule has 2 rings (SSSR count). The molecule has 2 nitrogen and oxygen atoms in total. The predicted octanol–water partition coefficient (Wildman–Crippen LogP) is 3.72. The summed E-state index contributed by atoms with van der Waals surface area (Å²) in [5.41, 5.74) is 1.05. The molecule has 0 aromatic heterocycles. The third-order valence-corrected chi connectivity index (χ3v) is 4.20. The molecule has 16 heavy (non-hydrogen) atoms. The molecule has 0 radical (unpaired) electrons. The zero-order valence-corrected chi connectivity index (χ0v) is 12.6. The smallest absolute Gasteiger partial charge is 0.313 e. The molecule has 0 aliphatic heterocycles. The van der Waals surface area contributed by atoms with Gasteiger partial charge in [-0.3, -0.25) is 4.79 Å². The number of carbonyl (C=O) groups excluding carboxylic acids is 1. The fourth-order valence-electron chi connectivity index (χ4n) is 1.88. The van der Waals surface area contributed by atoms with Gasteiger partial charge in [0.15, 0.2) is 0 Å².